The molecule has 0 aliphatic carbocycles. The van der Waals surface area contributed by atoms with E-state index in [9.17, 15) is 4.79 Å². The molecule has 0 bridgehead atoms. The van der Waals surface area contributed by atoms with Crippen molar-refractivity contribution in [1.29, 1.82) is 0 Å². The number of morpholine rings is 1. The molecular formula is C19H22N4O2. The van der Waals surface area contributed by atoms with Gasteiger partial charge in [0.2, 0.25) is 0 Å². The van der Waals surface area contributed by atoms with Crippen LogP contribution in [-0.2, 0) is 4.74 Å². The molecule has 1 N–H and O–H groups in total. The summed E-state index contributed by atoms with van der Waals surface area (Å²) in [6.07, 6.45) is 5.68. The van der Waals surface area contributed by atoms with Crippen molar-refractivity contribution < 1.29 is 9.53 Å². The van der Waals surface area contributed by atoms with Gasteiger partial charge in [-0.3, -0.25) is 9.69 Å². The van der Waals surface area contributed by atoms with Gasteiger partial charge in [0, 0.05) is 37.1 Å². The van der Waals surface area contributed by atoms with E-state index in [4.69, 9.17) is 4.74 Å². The molecule has 2 unspecified atom stereocenters. The summed E-state index contributed by atoms with van der Waals surface area (Å²) in [6.45, 7) is 3.33. The summed E-state index contributed by atoms with van der Waals surface area (Å²) in [6, 6.07) is 10.3. The van der Waals surface area contributed by atoms with Crippen molar-refractivity contribution in [3.8, 4) is 11.4 Å². The van der Waals surface area contributed by atoms with E-state index in [-0.39, 0.29) is 12.0 Å². The van der Waals surface area contributed by atoms with Crippen molar-refractivity contribution in [3.05, 3.63) is 48.3 Å². The first-order chi connectivity index (χ1) is 12.3. The van der Waals surface area contributed by atoms with Crippen molar-refractivity contribution in [3.63, 3.8) is 0 Å². The molecule has 2 aliphatic rings. The number of hydrogen-bond acceptors (Lipinski definition) is 5. The van der Waals surface area contributed by atoms with Crippen LogP contribution in [0.4, 0.5) is 0 Å². The van der Waals surface area contributed by atoms with E-state index in [1.165, 1.54) is 12.8 Å². The summed E-state index contributed by atoms with van der Waals surface area (Å²) in [4.78, 5) is 23.4. The molecule has 1 amide bonds. The number of ether oxygens (including phenoxy) is 1. The molecule has 0 saturated carbocycles. The zero-order valence-electron chi connectivity index (χ0n) is 14.1. The lowest BCUT2D eigenvalue weighted by atomic mass is 10.2. The Bertz CT molecular complexity index is 720. The maximum atomic E-state index is 12.3. The molecule has 1 aromatic heterocycles. The van der Waals surface area contributed by atoms with Gasteiger partial charge in [-0.1, -0.05) is 30.3 Å². The second-order valence-corrected chi connectivity index (χ2v) is 6.62. The van der Waals surface area contributed by atoms with Gasteiger partial charge < -0.3 is 10.1 Å². The molecule has 0 radical (unpaired) electrons. The van der Waals surface area contributed by atoms with Crippen molar-refractivity contribution >= 4 is 5.91 Å². The van der Waals surface area contributed by atoms with E-state index in [2.05, 4.69) is 20.2 Å². The monoisotopic (exact) mass is 338 g/mol. The number of aromatic nitrogens is 2. The van der Waals surface area contributed by atoms with Crippen LogP contribution in [0.3, 0.4) is 0 Å². The first kappa shape index (κ1) is 16.2. The van der Waals surface area contributed by atoms with E-state index >= 15 is 0 Å². The molecule has 2 saturated heterocycles. The number of carbonyl (C=O) groups is 1. The first-order valence-electron chi connectivity index (χ1n) is 8.81. The van der Waals surface area contributed by atoms with E-state index in [0.29, 0.717) is 24.0 Å². The van der Waals surface area contributed by atoms with Crippen LogP contribution in [0.15, 0.2) is 42.7 Å². The lowest BCUT2D eigenvalue weighted by molar-refractivity contribution is -0.0461. The van der Waals surface area contributed by atoms with Gasteiger partial charge in [0.05, 0.1) is 18.3 Å². The largest absolute Gasteiger partial charge is 0.373 e. The minimum atomic E-state index is -0.160. The second kappa shape index (κ2) is 7.29. The highest BCUT2D eigenvalue weighted by Crippen LogP contribution is 2.22. The summed E-state index contributed by atoms with van der Waals surface area (Å²) >= 11 is 0. The van der Waals surface area contributed by atoms with Gasteiger partial charge in [-0.15, -0.1) is 0 Å². The Hall–Kier alpha value is -2.31. The van der Waals surface area contributed by atoms with E-state index in [0.717, 1.165) is 25.3 Å². The number of benzene rings is 1. The van der Waals surface area contributed by atoms with Crippen molar-refractivity contribution in [2.45, 2.75) is 25.0 Å². The predicted octanol–water partition coefficient (Wildman–Crippen LogP) is 1.74. The Labute approximate surface area is 147 Å². The maximum Gasteiger partial charge on any atom is 0.254 e. The Kier molecular flexibility index (Phi) is 4.72. The number of nitrogens with one attached hydrogen (secondary N) is 1. The molecule has 2 aliphatic heterocycles. The summed E-state index contributed by atoms with van der Waals surface area (Å²) < 4.78 is 5.87. The van der Waals surface area contributed by atoms with Gasteiger partial charge >= 0.3 is 0 Å². The Morgan fingerprint density at radius 1 is 1.24 bits per heavy atom. The molecule has 2 aromatic rings. The zero-order chi connectivity index (χ0) is 17.1. The van der Waals surface area contributed by atoms with Crippen molar-refractivity contribution in [2.75, 3.05) is 26.2 Å². The number of nitrogens with zero attached hydrogens (tertiary/aromatic N) is 3. The Balaban J connectivity index is 1.32. The summed E-state index contributed by atoms with van der Waals surface area (Å²) in [5.41, 5.74) is 1.40. The molecule has 0 spiro atoms. The normalized spacial score (nSPS) is 23.2. The smallest absolute Gasteiger partial charge is 0.254 e. The third-order valence-corrected chi connectivity index (χ3v) is 4.90. The Morgan fingerprint density at radius 2 is 2.04 bits per heavy atom. The van der Waals surface area contributed by atoms with Gasteiger partial charge in [-0.05, 0) is 19.4 Å². The highest BCUT2D eigenvalue weighted by molar-refractivity contribution is 5.93. The topological polar surface area (TPSA) is 67.4 Å². The molecule has 3 heterocycles. The number of carbonyl (C=O) groups excluding carboxylic acids is 1. The molecule has 25 heavy (non-hydrogen) atoms. The highest BCUT2D eigenvalue weighted by Gasteiger charge is 2.32. The second-order valence-electron chi connectivity index (χ2n) is 6.62. The highest BCUT2D eigenvalue weighted by atomic mass is 16.5. The number of fused-ring (bicyclic) bond motifs is 1. The average molecular weight is 338 g/mol. The fraction of sp³-hybridized carbons (Fsp3) is 0.421. The minimum Gasteiger partial charge on any atom is -0.373 e. The molecule has 1 aromatic carbocycles. The molecule has 6 heteroatoms. The molecule has 130 valence electrons. The number of rotatable bonds is 4. The van der Waals surface area contributed by atoms with Gasteiger partial charge in [-0.25, -0.2) is 9.97 Å². The van der Waals surface area contributed by atoms with Crippen LogP contribution in [0.1, 0.15) is 23.2 Å². The van der Waals surface area contributed by atoms with Crippen molar-refractivity contribution in [1.82, 2.24) is 20.2 Å². The molecule has 2 atom stereocenters. The van der Waals surface area contributed by atoms with Crippen LogP contribution in [-0.4, -0.2) is 59.2 Å². The van der Waals surface area contributed by atoms with Crippen LogP contribution in [0, 0.1) is 0 Å². The zero-order valence-corrected chi connectivity index (χ0v) is 14.1. The van der Waals surface area contributed by atoms with Crippen molar-refractivity contribution in [2.24, 2.45) is 0 Å². The summed E-state index contributed by atoms with van der Waals surface area (Å²) in [5.74, 6) is 0.458. The Morgan fingerprint density at radius 3 is 2.84 bits per heavy atom. The molecule has 2 fully saturated rings. The fourth-order valence-electron chi connectivity index (χ4n) is 3.50. The third-order valence-electron chi connectivity index (χ3n) is 4.90. The maximum absolute atomic E-state index is 12.3. The van der Waals surface area contributed by atoms with Crippen LogP contribution in [0.5, 0.6) is 0 Å². The van der Waals surface area contributed by atoms with Crippen LogP contribution in [0.2, 0.25) is 0 Å². The van der Waals surface area contributed by atoms with E-state index in [1.807, 2.05) is 30.3 Å². The summed E-state index contributed by atoms with van der Waals surface area (Å²) in [5, 5.41) is 2.94. The fourth-order valence-corrected chi connectivity index (χ4v) is 3.50. The van der Waals surface area contributed by atoms with Crippen LogP contribution < -0.4 is 5.32 Å². The number of hydrogen-bond donors (Lipinski definition) is 1. The van der Waals surface area contributed by atoms with Crippen LogP contribution in [0.25, 0.3) is 11.4 Å². The third kappa shape index (κ3) is 3.70. The van der Waals surface area contributed by atoms with Gasteiger partial charge in [-0.2, -0.15) is 0 Å². The molecule has 6 nitrogen and oxygen atoms in total. The standard InChI is InChI=1S/C19H22N4O2/c24-19(22-11-17-12-23-8-4-7-16(23)13-25-17)15-9-20-18(21-10-15)14-5-2-1-3-6-14/h1-3,5-6,9-10,16-17H,4,7-8,11-13H2,(H,22,24). The quantitative estimate of drug-likeness (QED) is 0.920. The molecule has 4 rings (SSSR count). The SMILES string of the molecule is O=C(NCC1CN2CCCC2CO1)c1cnc(-c2ccccc2)nc1. The minimum absolute atomic E-state index is 0.0582. The predicted molar refractivity (Wildman–Crippen MR) is 94.1 cm³/mol. The van der Waals surface area contributed by atoms with Gasteiger partial charge in [0.1, 0.15) is 0 Å². The molecular weight excluding hydrogens is 316 g/mol. The van der Waals surface area contributed by atoms with Gasteiger partial charge in [0.15, 0.2) is 5.82 Å². The number of amides is 1. The van der Waals surface area contributed by atoms with E-state index in [1.54, 1.807) is 12.4 Å². The first-order valence-corrected chi connectivity index (χ1v) is 8.81. The lowest BCUT2D eigenvalue weighted by Crippen LogP contribution is -2.50. The lowest BCUT2D eigenvalue weighted by Gasteiger charge is -2.35. The summed E-state index contributed by atoms with van der Waals surface area (Å²) in [7, 11) is 0. The van der Waals surface area contributed by atoms with Gasteiger partial charge in [0.25, 0.3) is 5.91 Å². The van der Waals surface area contributed by atoms with Crippen LogP contribution >= 0.6 is 0 Å². The average Bonchev–Trinajstić information content (AvgIpc) is 3.15. The van der Waals surface area contributed by atoms with E-state index < -0.39 is 0 Å².